The first-order chi connectivity index (χ1) is 12.4. The molecule has 1 aliphatic carbocycles. The van der Waals surface area contributed by atoms with Crippen LogP contribution in [0.15, 0.2) is 18.2 Å². The Kier molecular flexibility index (Phi) is 6.94. The summed E-state index contributed by atoms with van der Waals surface area (Å²) in [6.07, 6.45) is 3.81. The first-order valence-electron chi connectivity index (χ1n) is 8.56. The largest absolute Gasteiger partial charge is 0.494 e. The monoisotopic (exact) mass is 366 g/mol. The van der Waals surface area contributed by atoms with Crippen molar-refractivity contribution in [1.29, 1.82) is 0 Å². The fraction of sp³-hybridized carbons (Fsp3) is 0.500. The number of nitrogens with one attached hydrogen (secondary N) is 2. The Morgan fingerprint density at radius 2 is 1.88 bits per heavy atom. The van der Waals surface area contributed by atoms with Crippen LogP contribution in [-0.4, -0.2) is 37.2 Å². The van der Waals surface area contributed by atoms with Crippen molar-refractivity contribution < 1.29 is 28.2 Å². The van der Waals surface area contributed by atoms with E-state index >= 15 is 0 Å². The first-order valence-corrected chi connectivity index (χ1v) is 8.56. The molecule has 0 aliphatic heterocycles. The van der Waals surface area contributed by atoms with E-state index in [0.29, 0.717) is 0 Å². The molecule has 1 saturated carbocycles. The predicted molar refractivity (Wildman–Crippen MR) is 91.4 cm³/mol. The number of imide groups is 1. The molecule has 26 heavy (non-hydrogen) atoms. The van der Waals surface area contributed by atoms with Crippen LogP contribution in [0.5, 0.6) is 5.75 Å². The number of carbonyl (C=O) groups is 3. The van der Waals surface area contributed by atoms with Crippen LogP contribution >= 0.6 is 0 Å². The van der Waals surface area contributed by atoms with Crippen molar-refractivity contribution in [3.63, 3.8) is 0 Å². The number of urea groups is 1. The molecular formula is C18H23FN2O5. The maximum Gasteiger partial charge on any atom is 0.339 e. The van der Waals surface area contributed by atoms with Crippen LogP contribution in [0.4, 0.5) is 9.18 Å². The van der Waals surface area contributed by atoms with Crippen LogP contribution < -0.4 is 15.4 Å². The van der Waals surface area contributed by atoms with E-state index < -0.39 is 29.8 Å². The predicted octanol–water partition coefficient (Wildman–Crippen LogP) is 2.54. The Balaban J connectivity index is 1.84. The number of ether oxygens (including phenoxy) is 2. The molecule has 0 radical (unpaired) electrons. The topological polar surface area (TPSA) is 93.7 Å². The number of hydrogen-bond donors (Lipinski definition) is 2. The summed E-state index contributed by atoms with van der Waals surface area (Å²) in [7, 11) is 1.31. The summed E-state index contributed by atoms with van der Waals surface area (Å²) in [5.41, 5.74) is -0.0605. The van der Waals surface area contributed by atoms with E-state index in [1.54, 1.807) is 0 Å². The molecule has 1 aromatic rings. The highest BCUT2D eigenvalue weighted by molar-refractivity contribution is 5.98. The number of esters is 1. The van der Waals surface area contributed by atoms with Crippen molar-refractivity contribution in [2.75, 3.05) is 7.11 Å². The Hall–Kier alpha value is -2.64. The lowest BCUT2D eigenvalue weighted by Gasteiger charge is -2.23. The third kappa shape index (κ3) is 5.44. The number of amides is 3. The maximum absolute atomic E-state index is 13.6. The van der Waals surface area contributed by atoms with E-state index in [0.717, 1.165) is 38.2 Å². The zero-order valence-electron chi connectivity index (χ0n) is 14.8. The number of carbonyl (C=O) groups excluding carboxylic acids is 3. The molecular weight excluding hydrogens is 343 g/mol. The third-order valence-electron chi connectivity index (χ3n) is 4.22. The smallest absolute Gasteiger partial charge is 0.339 e. The molecule has 0 saturated heterocycles. The molecule has 1 aliphatic rings. The van der Waals surface area contributed by atoms with Gasteiger partial charge < -0.3 is 14.8 Å². The molecule has 0 bridgehead atoms. The van der Waals surface area contributed by atoms with E-state index in [-0.39, 0.29) is 17.4 Å². The van der Waals surface area contributed by atoms with Gasteiger partial charge >= 0.3 is 12.0 Å². The van der Waals surface area contributed by atoms with Gasteiger partial charge in [0.1, 0.15) is 0 Å². The lowest BCUT2D eigenvalue weighted by molar-refractivity contribution is -0.127. The van der Waals surface area contributed by atoms with Crippen molar-refractivity contribution in [1.82, 2.24) is 10.6 Å². The molecule has 8 heteroatoms. The average molecular weight is 366 g/mol. The summed E-state index contributed by atoms with van der Waals surface area (Å²) in [6.45, 7) is 1.33. The van der Waals surface area contributed by atoms with Crippen LogP contribution in [0.3, 0.4) is 0 Å². The van der Waals surface area contributed by atoms with Crippen molar-refractivity contribution in [3.05, 3.63) is 29.6 Å². The van der Waals surface area contributed by atoms with E-state index in [9.17, 15) is 18.8 Å². The second kappa shape index (κ2) is 9.17. The van der Waals surface area contributed by atoms with Crippen molar-refractivity contribution >= 4 is 17.9 Å². The van der Waals surface area contributed by atoms with Gasteiger partial charge in [-0.1, -0.05) is 19.3 Å². The molecule has 1 aromatic carbocycles. The standard InChI is InChI=1S/C18H23FN2O5/c1-11(16(22)21-18(24)20-13-6-4-3-5-7-13)26-17(23)12-8-9-15(25-2)14(19)10-12/h8-11,13H,3-7H2,1-2H3,(H2,20,21,22,24)/t11-/m0/s1. The Morgan fingerprint density at radius 3 is 2.50 bits per heavy atom. The van der Waals surface area contributed by atoms with Crippen molar-refractivity contribution in [2.24, 2.45) is 0 Å². The van der Waals surface area contributed by atoms with Crippen LogP contribution in [0.25, 0.3) is 0 Å². The van der Waals surface area contributed by atoms with Crippen LogP contribution in [0.1, 0.15) is 49.4 Å². The summed E-state index contributed by atoms with van der Waals surface area (Å²) in [6, 6.07) is 3.01. The molecule has 7 nitrogen and oxygen atoms in total. The molecule has 0 unspecified atom stereocenters. The summed E-state index contributed by atoms with van der Waals surface area (Å²) in [5.74, 6) is -2.35. The second-order valence-corrected chi connectivity index (χ2v) is 6.19. The van der Waals surface area contributed by atoms with Gasteiger partial charge in [0.2, 0.25) is 0 Å². The summed E-state index contributed by atoms with van der Waals surface area (Å²) in [5, 5.41) is 4.89. The average Bonchev–Trinajstić information content (AvgIpc) is 2.62. The van der Waals surface area contributed by atoms with E-state index in [1.807, 2.05) is 0 Å². The molecule has 3 amide bonds. The first kappa shape index (κ1) is 19.7. The molecule has 1 atom stereocenters. The minimum absolute atomic E-state index is 0.00766. The Labute approximate surface area is 151 Å². The quantitative estimate of drug-likeness (QED) is 0.781. The minimum Gasteiger partial charge on any atom is -0.494 e. The fourth-order valence-corrected chi connectivity index (χ4v) is 2.76. The van der Waals surface area contributed by atoms with Gasteiger partial charge in [0.15, 0.2) is 17.7 Å². The van der Waals surface area contributed by atoms with Gasteiger partial charge in [-0.05, 0) is 38.0 Å². The van der Waals surface area contributed by atoms with Gasteiger partial charge in [-0.2, -0.15) is 0 Å². The van der Waals surface area contributed by atoms with Gasteiger partial charge in [0, 0.05) is 6.04 Å². The number of methoxy groups -OCH3 is 1. The summed E-state index contributed by atoms with van der Waals surface area (Å²) in [4.78, 5) is 35.8. The lowest BCUT2D eigenvalue weighted by Crippen LogP contribution is -2.48. The molecule has 0 spiro atoms. The zero-order chi connectivity index (χ0) is 19.1. The fourth-order valence-electron chi connectivity index (χ4n) is 2.76. The highest BCUT2D eigenvalue weighted by Gasteiger charge is 2.23. The van der Waals surface area contributed by atoms with Crippen molar-refractivity contribution in [3.8, 4) is 5.75 Å². The molecule has 1 fully saturated rings. The highest BCUT2D eigenvalue weighted by atomic mass is 19.1. The van der Waals surface area contributed by atoms with Gasteiger partial charge in [-0.25, -0.2) is 14.0 Å². The Bertz CT molecular complexity index is 674. The maximum atomic E-state index is 13.6. The van der Waals surface area contributed by atoms with Gasteiger partial charge in [0.25, 0.3) is 5.91 Å². The molecule has 2 N–H and O–H groups in total. The molecule has 142 valence electrons. The number of benzene rings is 1. The lowest BCUT2D eigenvalue weighted by atomic mass is 9.96. The number of hydrogen-bond acceptors (Lipinski definition) is 5. The summed E-state index contributed by atoms with van der Waals surface area (Å²) >= 11 is 0. The van der Waals surface area contributed by atoms with E-state index in [1.165, 1.54) is 26.2 Å². The minimum atomic E-state index is -1.20. The van der Waals surface area contributed by atoms with E-state index in [4.69, 9.17) is 9.47 Å². The highest BCUT2D eigenvalue weighted by Crippen LogP contribution is 2.19. The van der Waals surface area contributed by atoms with E-state index in [2.05, 4.69) is 10.6 Å². The number of halogens is 1. The molecule has 0 aromatic heterocycles. The zero-order valence-corrected chi connectivity index (χ0v) is 14.8. The SMILES string of the molecule is COc1ccc(C(=O)O[C@@H](C)C(=O)NC(=O)NC2CCCCC2)cc1F. The normalized spacial score (nSPS) is 15.7. The van der Waals surface area contributed by atoms with Crippen LogP contribution in [0, 0.1) is 5.82 Å². The van der Waals surface area contributed by atoms with Gasteiger partial charge in [0.05, 0.1) is 12.7 Å². The number of rotatable bonds is 5. The van der Waals surface area contributed by atoms with Crippen molar-refractivity contribution in [2.45, 2.75) is 51.2 Å². The van der Waals surface area contributed by atoms with Gasteiger partial charge in [-0.3, -0.25) is 10.1 Å². The molecule has 0 heterocycles. The Morgan fingerprint density at radius 1 is 1.19 bits per heavy atom. The summed E-state index contributed by atoms with van der Waals surface area (Å²) < 4.78 is 23.4. The second-order valence-electron chi connectivity index (χ2n) is 6.19. The molecule has 2 rings (SSSR count). The van der Waals surface area contributed by atoms with Gasteiger partial charge in [-0.15, -0.1) is 0 Å². The van der Waals surface area contributed by atoms with Crippen LogP contribution in [0.2, 0.25) is 0 Å². The third-order valence-corrected chi connectivity index (χ3v) is 4.22. The van der Waals surface area contributed by atoms with Crippen LogP contribution in [-0.2, 0) is 9.53 Å².